The minimum atomic E-state index is -0.704. The molecule has 0 aromatic heterocycles. The minimum absolute atomic E-state index is 0.144. The molecule has 0 aliphatic rings. The molecule has 0 aliphatic carbocycles. The van der Waals surface area contributed by atoms with Crippen molar-refractivity contribution >= 4 is 60.8 Å². The molecule has 27 heavy (non-hydrogen) atoms. The maximum absolute atomic E-state index is 11.0. The van der Waals surface area contributed by atoms with Gasteiger partial charge >= 0.3 is 5.69 Å². The number of thiocarbonyl (C=S) groups is 1. The molecule has 0 atom stereocenters. The monoisotopic (exact) mass is 518 g/mol. The van der Waals surface area contributed by atoms with Crippen molar-refractivity contribution in [3.8, 4) is 23.0 Å². The summed E-state index contributed by atoms with van der Waals surface area (Å²) >= 11 is 11.5. The third-order valence-corrected chi connectivity index (χ3v) is 5.83. The summed E-state index contributed by atoms with van der Waals surface area (Å²) in [4.78, 5) is 10.6. The number of nitrogens with one attached hydrogen (secondary N) is 1. The standard InChI is InChI=1S/C16H12Br2N2O6S/c17-13-8(5-9(20(25)26)15(23)14(13)18)1-2-12(27)19-6-7-3-10(21)16(24)11(22)4-7/h1-5,21-24H,6H2,(H,19,27)/b2-1+. The van der Waals surface area contributed by atoms with E-state index >= 15 is 0 Å². The van der Waals surface area contributed by atoms with E-state index in [1.54, 1.807) is 0 Å². The summed E-state index contributed by atoms with van der Waals surface area (Å²) in [6.07, 6.45) is 3.01. The van der Waals surface area contributed by atoms with Gasteiger partial charge in [-0.3, -0.25) is 10.1 Å². The predicted octanol–water partition coefficient (Wildman–Crippen LogP) is 4.07. The number of phenolic OH excluding ortho intramolecular Hbond substituents is 4. The zero-order chi connectivity index (χ0) is 20.3. The van der Waals surface area contributed by atoms with Crippen LogP contribution in [0.4, 0.5) is 5.69 Å². The molecule has 0 radical (unpaired) electrons. The topological polar surface area (TPSA) is 136 Å². The third-order valence-electron chi connectivity index (χ3n) is 3.40. The molecule has 0 amide bonds. The van der Waals surface area contributed by atoms with Gasteiger partial charge in [-0.25, -0.2) is 0 Å². The molecule has 0 bridgehead atoms. The second kappa shape index (κ2) is 8.55. The van der Waals surface area contributed by atoms with Gasteiger partial charge in [0.15, 0.2) is 17.2 Å². The van der Waals surface area contributed by atoms with Crippen molar-refractivity contribution in [3.05, 3.63) is 54.5 Å². The highest BCUT2D eigenvalue weighted by Crippen LogP contribution is 2.42. The van der Waals surface area contributed by atoms with Crippen molar-refractivity contribution < 1.29 is 25.3 Å². The van der Waals surface area contributed by atoms with E-state index in [4.69, 9.17) is 12.2 Å². The molecule has 2 aromatic carbocycles. The Hall–Kier alpha value is -2.37. The van der Waals surface area contributed by atoms with Crippen LogP contribution in [-0.2, 0) is 6.54 Å². The van der Waals surface area contributed by atoms with Crippen molar-refractivity contribution in [2.75, 3.05) is 0 Å². The van der Waals surface area contributed by atoms with Crippen LogP contribution in [0.5, 0.6) is 23.0 Å². The summed E-state index contributed by atoms with van der Waals surface area (Å²) in [5, 5.41) is 51.9. The number of aromatic hydroxyl groups is 4. The van der Waals surface area contributed by atoms with Crippen LogP contribution in [0.1, 0.15) is 11.1 Å². The summed E-state index contributed by atoms with van der Waals surface area (Å²) in [7, 11) is 0. The number of benzene rings is 2. The van der Waals surface area contributed by atoms with Crippen molar-refractivity contribution in [1.82, 2.24) is 5.32 Å². The van der Waals surface area contributed by atoms with Gasteiger partial charge in [0.2, 0.25) is 5.75 Å². The molecule has 5 N–H and O–H groups in total. The number of nitrogens with zero attached hydrogens (tertiary/aromatic N) is 1. The van der Waals surface area contributed by atoms with Gasteiger partial charge in [-0.2, -0.15) is 0 Å². The van der Waals surface area contributed by atoms with Crippen LogP contribution in [0.3, 0.4) is 0 Å². The lowest BCUT2D eigenvalue weighted by molar-refractivity contribution is -0.386. The smallest absolute Gasteiger partial charge is 0.312 e. The first-order valence-corrected chi connectivity index (χ1v) is 9.16. The van der Waals surface area contributed by atoms with E-state index in [1.807, 2.05) is 0 Å². The zero-order valence-corrected chi connectivity index (χ0v) is 17.3. The van der Waals surface area contributed by atoms with E-state index in [-0.39, 0.29) is 16.0 Å². The Bertz CT molecular complexity index is 941. The van der Waals surface area contributed by atoms with Crippen LogP contribution in [0.2, 0.25) is 0 Å². The maximum atomic E-state index is 11.0. The molecule has 8 nitrogen and oxygen atoms in total. The summed E-state index contributed by atoms with van der Waals surface area (Å²) in [6.45, 7) is 0.158. The second-order valence-electron chi connectivity index (χ2n) is 5.25. The highest BCUT2D eigenvalue weighted by molar-refractivity contribution is 9.13. The zero-order valence-electron chi connectivity index (χ0n) is 13.3. The Balaban J connectivity index is 2.14. The van der Waals surface area contributed by atoms with E-state index in [2.05, 4.69) is 37.2 Å². The van der Waals surface area contributed by atoms with E-state index in [9.17, 15) is 30.5 Å². The van der Waals surface area contributed by atoms with E-state index in [0.717, 1.165) is 0 Å². The van der Waals surface area contributed by atoms with E-state index in [1.165, 1.54) is 30.4 Å². The molecule has 0 unspecified atom stereocenters. The fourth-order valence-corrected chi connectivity index (χ4v) is 3.07. The Labute approximate surface area is 175 Å². The summed E-state index contributed by atoms with van der Waals surface area (Å²) in [6, 6.07) is 3.73. The predicted molar refractivity (Wildman–Crippen MR) is 110 cm³/mol. The van der Waals surface area contributed by atoms with Crippen LogP contribution >= 0.6 is 44.1 Å². The SMILES string of the molecule is O=[N+]([O-])c1cc(/C=C/C(=S)NCc2cc(O)c(O)c(O)c2)c(Br)c(Br)c1O. The Morgan fingerprint density at radius 2 is 1.70 bits per heavy atom. The largest absolute Gasteiger partial charge is 0.504 e. The number of nitro benzene ring substituents is 1. The molecule has 2 aromatic rings. The number of rotatable bonds is 5. The molecular weight excluding hydrogens is 508 g/mol. The number of hydrogen-bond acceptors (Lipinski definition) is 7. The molecule has 0 saturated heterocycles. The fourth-order valence-electron chi connectivity index (χ4n) is 2.06. The van der Waals surface area contributed by atoms with Gasteiger partial charge in [-0.1, -0.05) is 18.3 Å². The van der Waals surface area contributed by atoms with E-state index < -0.39 is 33.6 Å². The highest BCUT2D eigenvalue weighted by Gasteiger charge is 2.21. The first-order valence-electron chi connectivity index (χ1n) is 7.17. The average molecular weight is 520 g/mol. The number of hydrogen-bond donors (Lipinski definition) is 5. The Morgan fingerprint density at radius 1 is 1.11 bits per heavy atom. The molecule has 0 fully saturated rings. The lowest BCUT2D eigenvalue weighted by Gasteiger charge is -2.08. The highest BCUT2D eigenvalue weighted by atomic mass is 79.9. The van der Waals surface area contributed by atoms with Gasteiger partial charge in [0.05, 0.1) is 14.4 Å². The van der Waals surface area contributed by atoms with Crippen molar-refractivity contribution in [2.45, 2.75) is 6.54 Å². The lowest BCUT2D eigenvalue weighted by Crippen LogP contribution is -2.18. The minimum Gasteiger partial charge on any atom is -0.504 e. The van der Waals surface area contributed by atoms with Crippen molar-refractivity contribution in [1.29, 1.82) is 0 Å². The summed E-state index contributed by atoms with van der Waals surface area (Å²) in [5.74, 6) is -2.01. The molecule has 0 aliphatic heterocycles. The Kier molecular flexibility index (Phi) is 6.63. The van der Waals surface area contributed by atoms with Gasteiger partial charge in [0, 0.05) is 17.1 Å². The summed E-state index contributed by atoms with van der Waals surface area (Å²) < 4.78 is 0.559. The Morgan fingerprint density at radius 3 is 2.26 bits per heavy atom. The van der Waals surface area contributed by atoms with Gasteiger partial charge in [0.1, 0.15) is 0 Å². The van der Waals surface area contributed by atoms with Crippen LogP contribution in [-0.4, -0.2) is 30.3 Å². The van der Waals surface area contributed by atoms with Crippen LogP contribution < -0.4 is 5.32 Å². The molecule has 11 heteroatoms. The number of nitro groups is 1. The molecule has 0 heterocycles. The van der Waals surface area contributed by atoms with Crippen LogP contribution in [0.15, 0.2) is 33.2 Å². The average Bonchev–Trinajstić information content (AvgIpc) is 2.61. The van der Waals surface area contributed by atoms with Gasteiger partial charge in [0.25, 0.3) is 0 Å². The molecular formula is C16H12Br2N2O6S. The maximum Gasteiger partial charge on any atom is 0.312 e. The molecule has 0 spiro atoms. The van der Waals surface area contributed by atoms with E-state index in [0.29, 0.717) is 15.6 Å². The summed E-state index contributed by atoms with van der Waals surface area (Å²) in [5.41, 5.74) is 0.428. The quantitative estimate of drug-likeness (QED) is 0.131. The van der Waals surface area contributed by atoms with Crippen molar-refractivity contribution in [2.24, 2.45) is 0 Å². The molecule has 2 rings (SSSR count). The molecule has 142 valence electrons. The fraction of sp³-hybridized carbons (Fsp3) is 0.0625. The van der Waals surface area contributed by atoms with Crippen molar-refractivity contribution in [3.63, 3.8) is 0 Å². The number of phenols is 4. The van der Waals surface area contributed by atoms with Crippen LogP contribution in [0.25, 0.3) is 6.08 Å². The van der Waals surface area contributed by atoms with Crippen LogP contribution in [0, 0.1) is 10.1 Å². The van der Waals surface area contributed by atoms with Gasteiger partial charge in [-0.15, -0.1) is 0 Å². The molecule has 0 saturated carbocycles. The first-order chi connectivity index (χ1) is 12.6. The third kappa shape index (κ3) is 4.87. The van der Waals surface area contributed by atoms with Gasteiger partial charge < -0.3 is 25.7 Å². The normalized spacial score (nSPS) is 10.9. The lowest BCUT2D eigenvalue weighted by atomic mass is 10.1. The first kappa shape index (κ1) is 20.9. The van der Waals surface area contributed by atoms with Gasteiger partial charge in [-0.05, 0) is 61.2 Å². The second-order valence-corrected chi connectivity index (χ2v) is 7.28. The number of halogens is 2.